The predicted octanol–water partition coefficient (Wildman–Crippen LogP) is 5.18. The van der Waals surface area contributed by atoms with Crippen molar-refractivity contribution in [2.24, 2.45) is 5.92 Å². The van der Waals surface area contributed by atoms with Gasteiger partial charge in [-0.25, -0.2) is 0 Å². The Morgan fingerprint density at radius 2 is 1.46 bits per heavy atom. The monoisotopic (exact) mass is 487 g/mol. The van der Waals surface area contributed by atoms with Crippen LogP contribution < -0.4 is 0 Å². The Labute approximate surface area is 214 Å². The van der Waals surface area contributed by atoms with E-state index >= 15 is 9.59 Å². The zero-order valence-electron chi connectivity index (χ0n) is 20.5. The SMILES string of the molecule is CCOC(=O)[C@H]1[C@@H]2CCCN2[C@]2(C(=O)c3cccc4cccc2c34)[C@]12C(=O)c1cccc3cccc2c13. The second kappa shape index (κ2) is 6.93. The van der Waals surface area contributed by atoms with Gasteiger partial charge in [-0.2, -0.15) is 0 Å². The Morgan fingerprint density at radius 3 is 2.14 bits per heavy atom. The number of rotatable bonds is 2. The van der Waals surface area contributed by atoms with Crippen LogP contribution in [0.5, 0.6) is 0 Å². The van der Waals surface area contributed by atoms with Crippen molar-refractivity contribution in [3.05, 3.63) is 95.1 Å². The number of benzene rings is 4. The lowest BCUT2D eigenvalue weighted by Crippen LogP contribution is -2.61. The summed E-state index contributed by atoms with van der Waals surface area (Å²) in [6, 6.07) is 23.2. The Morgan fingerprint density at radius 1 is 0.865 bits per heavy atom. The van der Waals surface area contributed by atoms with Crippen molar-refractivity contribution in [3.63, 3.8) is 0 Å². The number of fused-ring (bicyclic) bond motifs is 5. The summed E-state index contributed by atoms with van der Waals surface area (Å²) in [7, 11) is 0. The van der Waals surface area contributed by atoms with Gasteiger partial charge in [0, 0.05) is 17.2 Å². The van der Waals surface area contributed by atoms with Crippen LogP contribution in [-0.4, -0.2) is 41.6 Å². The van der Waals surface area contributed by atoms with E-state index in [-0.39, 0.29) is 30.2 Å². The van der Waals surface area contributed by atoms with Crippen LogP contribution in [0.25, 0.3) is 21.5 Å². The van der Waals surface area contributed by atoms with Crippen molar-refractivity contribution in [1.29, 1.82) is 0 Å². The molecule has 37 heavy (non-hydrogen) atoms. The number of esters is 1. The molecule has 8 rings (SSSR count). The minimum atomic E-state index is -1.40. The standard InChI is InChI=1S/C32H25NO4/c1-2-37-30(36)27-24-16-7-17-33(24)32(23-15-6-11-19-9-4-13-21(26(19)23)29(32)35)31(27)22-14-5-10-18-8-3-12-20(25(18)22)28(31)34/h3-6,8-15,24,27H,2,7,16-17H2,1H3/t24-,27+,31-,32+/m0/s1. The molecule has 4 aliphatic rings. The number of carbonyl (C=O) groups is 3. The van der Waals surface area contributed by atoms with Crippen LogP contribution in [-0.2, 0) is 20.5 Å². The summed E-state index contributed by atoms with van der Waals surface area (Å²) in [4.78, 5) is 46.3. The summed E-state index contributed by atoms with van der Waals surface area (Å²) in [5.41, 5.74) is 0.160. The van der Waals surface area contributed by atoms with Crippen LogP contribution in [0.4, 0.5) is 0 Å². The molecule has 2 heterocycles. The second-order valence-electron chi connectivity index (χ2n) is 10.7. The van der Waals surface area contributed by atoms with Crippen LogP contribution >= 0.6 is 0 Å². The molecular formula is C32H25NO4. The summed E-state index contributed by atoms with van der Waals surface area (Å²) in [6.45, 7) is 2.67. The van der Waals surface area contributed by atoms with Gasteiger partial charge in [-0.15, -0.1) is 0 Å². The van der Waals surface area contributed by atoms with E-state index in [0.29, 0.717) is 17.7 Å². The number of hydrogen-bond donors (Lipinski definition) is 0. The molecule has 2 aliphatic carbocycles. The van der Waals surface area contributed by atoms with Gasteiger partial charge in [-0.3, -0.25) is 19.3 Å². The molecule has 0 bridgehead atoms. The van der Waals surface area contributed by atoms with Crippen molar-refractivity contribution >= 4 is 39.1 Å². The van der Waals surface area contributed by atoms with Gasteiger partial charge in [-0.1, -0.05) is 72.8 Å². The maximum Gasteiger partial charge on any atom is 0.312 e. The maximum absolute atomic E-state index is 15.0. The van der Waals surface area contributed by atoms with Gasteiger partial charge < -0.3 is 4.74 Å². The molecular weight excluding hydrogens is 462 g/mol. The largest absolute Gasteiger partial charge is 0.466 e. The summed E-state index contributed by atoms with van der Waals surface area (Å²) in [5, 5.41) is 3.69. The van der Waals surface area contributed by atoms with Crippen LogP contribution in [0.2, 0.25) is 0 Å². The van der Waals surface area contributed by atoms with Crippen molar-refractivity contribution in [2.45, 2.75) is 36.8 Å². The first kappa shape index (κ1) is 21.3. The summed E-state index contributed by atoms with van der Waals surface area (Å²) in [5.74, 6) is -1.37. The van der Waals surface area contributed by atoms with E-state index in [4.69, 9.17) is 4.74 Å². The number of ketones is 2. The highest BCUT2D eigenvalue weighted by molar-refractivity contribution is 6.30. The molecule has 2 spiro atoms. The topological polar surface area (TPSA) is 63.7 Å². The van der Waals surface area contributed by atoms with Gasteiger partial charge in [0.15, 0.2) is 11.6 Å². The van der Waals surface area contributed by atoms with E-state index in [9.17, 15) is 4.79 Å². The predicted molar refractivity (Wildman–Crippen MR) is 140 cm³/mol. The smallest absolute Gasteiger partial charge is 0.312 e. The van der Waals surface area contributed by atoms with Crippen molar-refractivity contribution in [3.8, 4) is 0 Å². The molecule has 0 aromatic heterocycles. The number of carbonyl (C=O) groups excluding carboxylic acids is 3. The van der Waals surface area contributed by atoms with E-state index in [1.165, 1.54) is 0 Å². The fraction of sp³-hybridized carbons (Fsp3) is 0.281. The fourth-order valence-corrected chi connectivity index (χ4v) is 8.55. The maximum atomic E-state index is 15.0. The molecule has 0 N–H and O–H groups in total. The number of hydrogen-bond acceptors (Lipinski definition) is 5. The van der Waals surface area contributed by atoms with Crippen molar-refractivity contribution in [1.82, 2.24) is 4.90 Å². The second-order valence-corrected chi connectivity index (χ2v) is 10.7. The Balaban J connectivity index is 1.58. The molecule has 0 saturated carbocycles. The third kappa shape index (κ3) is 2.10. The van der Waals surface area contributed by atoms with Crippen LogP contribution in [0.3, 0.4) is 0 Å². The Bertz CT molecular complexity index is 1710. The minimum absolute atomic E-state index is 0.0730. The molecule has 2 aliphatic heterocycles. The average Bonchev–Trinajstić information content (AvgIpc) is 3.62. The average molecular weight is 488 g/mol. The van der Waals surface area contributed by atoms with Crippen LogP contribution in [0.1, 0.15) is 51.6 Å². The third-order valence-corrected chi connectivity index (χ3v) is 9.49. The first-order valence-corrected chi connectivity index (χ1v) is 13.2. The van der Waals surface area contributed by atoms with E-state index in [1.807, 2.05) is 72.8 Å². The van der Waals surface area contributed by atoms with Gasteiger partial charge in [0.1, 0.15) is 11.0 Å². The Hall–Kier alpha value is -3.83. The summed E-state index contributed by atoms with van der Waals surface area (Å²) < 4.78 is 5.72. The van der Waals surface area contributed by atoms with E-state index in [1.54, 1.807) is 6.92 Å². The first-order chi connectivity index (χ1) is 18.1. The molecule has 4 aromatic rings. The van der Waals surface area contributed by atoms with Gasteiger partial charge in [0.2, 0.25) is 0 Å². The number of Topliss-reactive ketones (excluding diaryl/α,β-unsaturated/α-hetero) is 2. The highest BCUT2D eigenvalue weighted by Gasteiger charge is 2.80. The fourth-order valence-electron chi connectivity index (χ4n) is 8.55. The minimum Gasteiger partial charge on any atom is -0.466 e. The molecule has 5 nitrogen and oxygen atoms in total. The highest BCUT2D eigenvalue weighted by atomic mass is 16.5. The van der Waals surface area contributed by atoms with Crippen LogP contribution in [0.15, 0.2) is 72.8 Å². The lowest BCUT2D eigenvalue weighted by atomic mass is 9.56. The lowest BCUT2D eigenvalue weighted by Gasteiger charge is -2.45. The van der Waals surface area contributed by atoms with Crippen molar-refractivity contribution < 1.29 is 19.1 Å². The molecule has 0 radical (unpaired) electrons. The van der Waals surface area contributed by atoms with E-state index < -0.39 is 16.9 Å². The Kier molecular flexibility index (Phi) is 3.98. The van der Waals surface area contributed by atoms with Gasteiger partial charge in [-0.05, 0) is 59.0 Å². The molecule has 4 atom stereocenters. The zero-order chi connectivity index (χ0) is 25.1. The number of ether oxygens (including phenoxy) is 1. The molecule has 0 unspecified atom stereocenters. The van der Waals surface area contributed by atoms with Crippen LogP contribution in [0, 0.1) is 5.92 Å². The molecule has 0 amide bonds. The molecule has 2 saturated heterocycles. The first-order valence-electron chi connectivity index (χ1n) is 13.2. The quantitative estimate of drug-likeness (QED) is 0.365. The number of nitrogens with zero attached hydrogens (tertiary/aromatic N) is 1. The van der Waals surface area contributed by atoms with Gasteiger partial charge >= 0.3 is 5.97 Å². The summed E-state index contributed by atoms with van der Waals surface area (Å²) in [6.07, 6.45) is 1.61. The van der Waals surface area contributed by atoms with E-state index in [2.05, 4.69) is 4.90 Å². The molecule has 4 aromatic carbocycles. The zero-order valence-corrected chi connectivity index (χ0v) is 20.5. The summed E-state index contributed by atoms with van der Waals surface area (Å²) >= 11 is 0. The normalized spacial score (nSPS) is 29.3. The molecule has 2 fully saturated rings. The van der Waals surface area contributed by atoms with E-state index in [0.717, 1.165) is 45.5 Å². The van der Waals surface area contributed by atoms with Gasteiger partial charge in [0.05, 0.1) is 12.5 Å². The third-order valence-electron chi connectivity index (χ3n) is 9.49. The molecule has 182 valence electrons. The van der Waals surface area contributed by atoms with Gasteiger partial charge in [0.25, 0.3) is 0 Å². The highest BCUT2D eigenvalue weighted by Crippen LogP contribution is 2.69. The lowest BCUT2D eigenvalue weighted by molar-refractivity contribution is -0.150. The molecule has 5 heteroatoms. The van der Waals surface area contributed by atoms with Crippen molar-refractivity contribution in [2.75, 3.05) is 13.2 Å².